The molecule has 0 saturated carbocycles. The van der Waals surface area contributed by atoms with Gasteiger partial charge < -0.3 is 9.30 Å². The molecule has 0 N–H and O–H groups in total. The smallest absolute Gasteiger partial charge is 0.274 e. The molecule has 0 bridgehead atoms. The van der Waals surface area contributed by atoms with Crippen LogP contribution in [0.25, 0.3) is 5.52 Å². The van der Waals surface area contributed by atoms with E-state index in [1.165, 1.54) is 0 Å². The first-order valence-electron chi connectivity index (χ1n) is 5.74. The minimum absolute atomic E-state index is 0.0483. The summed E-state index contributed by atoms with van der Waals surface area (Å²) in [6.45, 7) is 4.07. The summed E-state index contributed by atoms with van der Waals surface area (Å²) in [4.78, 5) is 18.1. The number of hydrogen-bond acceptors (Lipinski definition) is 2. The first kappa shape index (κ1) is 11.6. The fraction of sp³-hybridized carbons (Fsp3) is 0.385. The largest absolute Gasteiger partial charge is 0.343 e. The van der Waals surface area contributed by atoms with Crippen LogP contribution in [-0.2, 0) is 6.42 Å². The lowest BCUT2D eigenvalue weighted by Gasteiger charge is -2.08. The van der Waals surface area contributed by atoms with E-state index in [9.17, 15) is 4.79 Å². The molecule has 4 heteroatoms. The quantitative estimate of drug-likeness (QED) is 0.791. The zero-order valence-corrected chi connectivity index (χ0v) is 10.7. The van der Waals surface area contributed by atoms with Gasteiger partial charge >= 0.3 is 0 Å². The van der Waals surface area contributed by atoms with Crippen molar-refractivity contribution in [1.29, 1.82) is 0 Å². The van der Waals surface area contributed by atoms with E-state index >= 15 is 0 Å². The van der Waals surface area contributed by atoms with Gasteiger partial charge in [0.25, 0.3) is 5.91 Å². The number of rotatable bonds is 2. The van der Waals surface area contributed by atoms with Crippen molar-refractivity contribution in [3.05, 3.63) is 35.4 Å². The predicted octanol–water partition coefficient (Wildman–Crippen LogP) is 1.91. The van der Waals surface area contributed by atoms with Crippen LogP contribution in [-0.4, -0.2) is 34.3 Å². The van der Waals surface area contributed by atoms with Crippen LogP contribution >= 0.6 is 0 Å². The minimum Gasteiger partial charge on any atom is -0.343 e. The molecular weight excluding hydrogens is 214 g/mol. The Hall–Kier alpha value is -1.84. The molecule has 0 aliphatic carbocycles. The number of amides is 1. The fourth-order valence-corrected chi connectivity index (χ4v) is 1.99. The van der Waals surface area contributed by atoms with E-state index in [1.54, 1.807) is 19.0 Å². The van der Waals surface area contributed by atoms with Crippen molar-refractivity contribution in [1.82, 2.24) is 14.3 Å². The van der Waals surface area contributed by atoms with E-state index in [2.05, 4.69) is 9.38 Å². The molecule has 90 valence electrons. The first-order chi connectivity index (χ1) is 8.06. The number of pyridine rings is 1. The van der Waals surface area contributed by atoms with Crippen LogP contribution in [0.5, 0.6) is 0 Å². The molecule has 2 aromatic heterocycles. The van der Waals surface area contributed by atoms with Gasteiger partial charge in [-0.25, -0.2) is 4.98 Å². The van der Waals surface area contributed by atoms with Crippen LogP contribution in [0.4, 0.5) is 0 Å². The standard InChI is InChI=1S/C13H17N3O/c1-5-11-14-12(13(17)15(3)4)10-8-6-7-9(2)16(10)11/h6-8H,5H2,1-4H3. The maximum atomic E-state index is 12.0. The van der Waals surface area contributed by atoms with Crippen LogP contribution in [0.2, 0.25) is 0 Å². The molecule has 2 rings (SSSR count). The summed E-state index contributed by atoms with van der Waals surface area (Å²) < 4.78 is 2.05. The van der Waals surface area contributed by atoms with Crippen molar-refractivity contribution in [2.24, 2.45) is 0 Å². The number of aryl methyl sites for hydroxylation is 2. The van der Waals surface area contributed by atoms with E-state index < -0.39 is 0 Å². The second-order valence-corrected chi connectivity index (χ2v) is 4.32. The van der Waals surface area contributed by atoms with Crippen LogP contribution < -0.4 is 0 Å². The minimum atomic E-state index is -0.0483. The molecule has 4 nitrogen and oxygen atoms in total. The van der Waals surface area contributed by atoms with Crippen molar-refractivity contribution in [2.45, 2.75) is 20.3 Å². The third-order valence-electron chi connectivity index (χ3n) is 2.85. The number of fused-ring (bicyclic) bond motifs is 1. The highest BCUT2D eigenvalue weighted by atomic mass is 16.2. The number of carbonyl (C=O) groups excluding carboxylic acids is 1. The monoisotopic (exact) mass is 231 g/mol. The van der Waals surface area contributed by atoms with Gasteiger partial charge in [0.15, 0.2) is 5.69 Å². The molecule has 2 heterocycles. The molecule has 0 fully saturated rings. The number of hydrogen-bond donors (Lipinski definition) is 0. The third-order valence-corrected chi connectivity index (χ3v) is 2.85. The van der Waals surface area contributed by atoms with Crippen molar-refractivity contribution in [3.63, 3.8) is 0 Å². The Balaban J connectivity index is 2.74. The summed E-state index contributed by atoms with van der Waals surface area (Å²) in [5.41, 5.74) is 2.53. The van der Waals surface area contributed by atoms with E-state index in [0.717, 1.165) is 23.5 Å². The lowest BCUT2D eigenvalue weighted by molar-refractivity contribution is 0.0824. The van der Waals surface area contributed by atoms with Gasteiger partial charge in [-0.05, 0) is 19.1 Å². The highest BCUT2D eigenvalue weighted by molar-refractivity contribution is 5.98. The Labute approximate surface area is 101 Å². The average Bonchev–Trinajstić information content (AvgIpc) is 2.68. The van der Waals surface area contributed by atoms with Crippen molar-refractivity contribution in [2.75, 3.05) is 14.1 Å². The predicted molar refractivity (Wildman–Crippen MR) is 67.3 cm³/mol. The summed E-state index contributed by atoms with van der Waals surface area (Å²) in [6, 6.07) is 5.92. The molecule has 0 radical (unpaired) electrons. The molecular formula is C13H17N3O. The summed E-state index contributed by atoms with van der Waals surface area (Å²) in [5.74, 6) is 0.885. The maximum absolute atomic E-state index is 12.0. The fourth-order valence-electron chi connectivity index (χ4n) is 1.99. The number of imidazole rings is 1. The van der Waals surface area contributed by atoms with E-state index in [1.807, 2.05) is 32.0 Å². The van der Waals surface area contributed by atoms with Gasteiger partial charge in [-0.2, -0.15) is 0 Å². The Morgan fingerprint density at radius 2 is 2.12 bits per heavy atom. The summed E-state index contributed by atoms with van der Waals surface area (Å²) in [6.07, 6.45) is 0.812. The molecule has 0 aliphatic heterocycles. The molecule has 17 heavy (non-hydrogen) atoms. The second kappa shape index (κ2) is 4.20. The van der Waals surface area contributed by atoms with Crippen LogP contribution in [0.3, 0.4) is 0 Å². The second-order valence-electron chi connectivity index (χ2n) is 4.32. The summed E-state index contributed by atoms with van der Waals surface area (Å²) >= 11 is 0. The maximum Gasteiger partial charge on any atom is 0.274 e. The number of carbonyl (C=O) groups is 1. The zero-order chi connectivity index (χ0) is 12.6. The van der Waals surface area contributed by atoms with Gasteiger partial charge in [0.1, 0.15) is 5.82 Å². The molecule has 0 unspecified atom stereocenters. The molecule has 0 aromatic carbocycles. The van der Waals surface area contributed by atoms with Crippen LogP contribution in [0, 0.1) is 6.92 Å². The highest BCUT2D eigenvalue weighted by Gasteiger charge is 2.18. The average molecular weight is 231 g/mol. The zero-order valence-electron chi connectivity index (χ0n) is 10.7. The third kappa shape index (κ3) is 1.79. The normalized spacial score (nSPS) is 10.8. The van der Waals surface area contributed by atoms with Crippen LogP contribution in [0.15, 0.2) is 18.2 Å². The topological polar surface area (TPSA) is 37.6 Å². The Bertz CT molecular complexity index is 569. The molecule has 0 spiro atoms. The van der Waals surface area contributed by atoms with E-state index in [-0.39, 0.29) is 5.91 Å². The highest BCUT2D eigenvalue weighted by Crippen LogP contribution is 2.17. The number of nitrogens with zero attached hydrogens (tertiary/aromatic N) is 3. The van der Waals surface area contributed by atoms with Crippen molar-refractivity contribution < 1.29 is 4.79 Å². The van der Waals surface area contributed by atoms with E-state index in [4.69, 9.17) is 0 Å². The van der Waals surface area contributed by atoms with Gasteiger partial charge in [0, 0.05) is 26.2 Å². The van der Waals surface area contributed by atoms with Crippen molar-refractivity contribution in [3.8, 4) is 0 Å². The summed E-state index contributed by atoms with van der Waals surface area (Å²) in [5, 5.41) is 0. The first-order valence-corrected chi connectivity index (χ1v) is 5.74. The van der Waals surface area contributed by atoms with Gasteiger partial charge in [-0.3, -0.25) is 4.79 Å². The Morgan fingerprint density at radius 1 is 1.41 bits per heavy atom. The molecule has 0 atom stereocenters. The van der Waals surface area contributed by atoms with Gasteiger partial charge in [-0.15, -0.1) is 0 Å². The van der Waals surface area contributed by atoms with Gasteiger partial charge in [0.05, 0.1) is 5.52 Å². The van der Waals surface area contributed by atoms with Crippen molar-refractivity contribution >= 4 is 11.4 Å². The Kier molecular flexibility index (Phi) is 2.88. The van der Waals surface area contributed by atoms with Gasteiger partial charge in [-0.1, -0.05) is 13.0 Å². The summed E-state index contributed by atoms with van der Waals surface area (Å²) in [7, 11) is 3.49. The lowest BCUT2D eigenvalue weighted by Crippen LogP contribution is -2.22. The van der Waals surface area contributed by atoms with Gasteiger partial charge in [0.2, 0.25) is 0 Å². The van der Waals surface area contributed by atoms with E-state index in [0.29, 0.717) is 5.69 Å². The SMILES string of the molecule is CCc1nc(C(=O)N(C)C)c2cccc(C)n12. The molecule has 0 aliphatic rings. The number of aromatic nitrogens is 2. The molecule has 2 aromatic rings. The lowest BCUT2D eigenvalue weighted by atomic mass is 10.3. The molecule has 0 saturated heterocycles. The Morgan fingerprint density at radius 3 is 2.71 bits per heavy atom. The van der Waals surface area contributed by atoms with Crippen LogP contribution in [0.1, 0.15) is 28.9 Å². The molecule has 1 amide bonds.